The molecule has 0 aromatic heterocycles. The number of carboxylic acid groups (broad SMARTS) is 1. The molecular weight excluding hydrogens is 334 g/mol. The second-order valence-electron chi connectivity index (χ2n) is 4.88. The van der Waals surface area contributed by atoms with Crippen LogP contribution in [-0.2, 0) is 4.79 Å². The van der Waals surface area contributed by atoms with Crippen molar-refractivity contribution in [2.45, 2.75) is 25.8 Å². The third-order valence-corrected chi connectivity index (χ3v) is 3.81. The predicted octanol–water partition coefficient (Wildman–Crippen LogP) is 3.59. The van der Waals surface area contributed by atoms with Crippen molar-refractivity contribution < 1.29 is 14.7 Å². The van der Waals surface area contributed by atoms with Crippen LogP contribution in [0.5, 0.6) is 0 Å². The van der Waals surface area contributed by atoms with Crippen molar-refractivity contribution in [3.05, 3.63) is 46.4 Å². The van der Waals surface area contributed by atoms with E-state index in [1.54, 1.807) is 6.07 Å². The lowest BCUT2D eigenvalue weighted by molar-refractivity contribution is -0.137. The summed E-state index contributed by atoms with van der Waals surface area (Å²) in [6.45, 7) is 1.85. The van der Waals surface area contributed by atoms with E-state index in [-0.39, 0.29) is 18.4 Å². The van der Waals surface area contributed by atoms with E-state index < -0.39 is 5.97 Å². The molecule has 0 saturated carbocycles. The van der Waals surface area contributed by atoms with E-state index in [1.165, 1.54) is 0 Å². The van der Waals surface area contributed by atoms with Gasteiger partial charge < -0.3 is 10.4 Å². The summed E-state index contributed by atoms with van der Waals surface area (Å²) in [6, 6.07) is 10.9. The van der Waals surface area contributed by atoms with Crippen LogP contribution in [0.2, 0.25) is 0 Å². The summed E-state index contributed by atoms with van der Waals surface area (Å²) in [6.07, 6.45) is 0.515. The Morgan fingerprint density at radius 2 is 1.86 bits per heavy atom. The minimum Gasteiger partial charge on any atom is -0.481 e. The summed E-state index contributed by atoms with van der Waals surface area (Å²) in [7, 11) is 0. The van der Waals surface area contributed by atoms with Crippen molar-refractivity contribution in [1.29, 1.82) is 0 Å². The van der Waals surface area contributed by atoms with Crippen LogP contribution >= 0.6 is 15.9 Å². The van der Waals surface area contributed by atoms with Gasteiger partial charge >= 0.3 is 5.97 Å². The maximum absolute atomic E-state index is 12.2. The van der Waals surface area contributed by atoms with Gasteiger partial charge in [-0.05, 0) is 41.5 Å². The highest BCUT2D eigenvalue weighted by atomic mass is 79.9. The number of hydrogen-bond donors (Lipinski definition) is 2. The first kappa shape index (κ1) is 15.5. The molecule has 0 radical (unpaired) electrons. The van der Waals surface area contributed by atoms with Gasteiger partial charge in [-0.25, -0.2) is 0 Å². The first-order valence-electron chi connectivity index (χ1n) is 6.71. The quantitative estimate of drug-likeness (QED) is 0.866. The van der Waals surface area contributed by atoms with Crippen LogP contribution in [0.15, 0.2) is 40.9 Å². The number of benzene rings is 2. The van der Waals surface area contributed by atoms with Crippen LogP contribution in [0.4, 0.5) is 0 Å². The molecular formula is C16H16BrNO3. The van der Waals surface area contributed by atoms with E-state index in [0.717, 1.165) is 15.2 Å². The third kappa shape index (κ3) is 4.04. The van der Waals surface area contributed by atoms with Crippen molar-refractivity contribution in [3.8, 4) is 0 Å². The summed E-state index contributed by atoms with van der Waals surface area (Å²) in [5, 5.41) is 13.6. The van der Waals surface area contributed by atoms with E-state index in [0.29, 0.717) is 12.0 Å². The average Bonchev–Trinajstić information content (AvgIpc) is 2.45. The summed E-state index contributed by atoms with van der Waals surface area (Å²) < 4.78 is 0.986. The molecule has 0 aliphatic carbocycles. The number of carbonyl (C=O) groups is 2. The van der Waals surface area contributed by atoms with Crippen LogP contribution in [0.25, 0.3) is 10.8 Å². The van der Waals surface area contributed by atoms with Gasteiger partial charge in [0.05, 0.1) is 6.42 Å². The van der Waals surface area contributed by atoms with E-state index in [9.17, 15) is 9.59 Å². The van der Waals surface area contributed by atoms with Crippen LogP contribution in [0, 0.1) is 0 Å². The lowest BCUT2D eigenvalue weighted by Crippen LogP contribution is -2.36. The molecule has 0 spiro atoms. The Balaban J connectivity index is 2.19. The number of hydrogen-bond acceptors (Lipinski definition) is 2. The van der Waals surface area contributed by atoms with Crippen LogP contribution in [-0.4, -0.2) is 23.0 Å². The molecule has 2 aromatic carbocycles. The smallest absolute Gasteiger partial charge is 0.305 e. The highest BCUT2D eigenvalue weighted by molar-refractivity contribution is 9.10. The zero-order valence-corrected chi connectivity index (χ0v) is 13.2. The molecule has 2 N–H and O–H groups in total. The Morgan fingerprint density at radius 3 is 2.52 bits per heavy atom. The average molecular weight is 350 g/mol. The zero-order chi connectivity index (χ0) is 15.4. The van der Waals surface area contributed by atoms with Crippen molar-refractivity contribution in [1.82, 2.24) is 5.32 Å². The van der Waals surface area contributed by atoms with Gasteiger partial charge in [0.15, 0.2) is 0 Å². The lowest BCUT2D eigenvalue weighted by Gasteiger charge is -2.15. The Morgan fingerprint density at radius 1 is 1.19 bits per heavy atom. The summed E-state index contributed by atoms with van der Waals surface area (Å²) >= 11 is 3.41. The first-order valence-corrected chi connectivity index (χ1v) is 7.51. The van der Waals surface area contributed by atoms with Gasteiger partial charge in [0.1, 0.15) is 0 Å². The second-order valence-corrected chi connectivity index (χ2v) is 5.80. The highest BCUT2D eigenvalue weighted by Crippen LogP contribution is 2.21. The number of carboxylic acids is 1. The van der Waals surface area contributed by atoms with E-state index >= 15 is 0 Å². The Kier molecular flexibility index (Phi) is 4.96. The number of rotatable bonds is 5. The number of nitrogens with one attached hydrogen (secondary N) is 1. The van der Waals surface area contributed by atoms with Gasteiger partial charge in [0, 0.05) is 16.1 Å². The van der Waals surface area contributed by atoms with Crippen LogP contribution in [0.1, 0.15) is 30.1 Å². The number of amides is 1. The molecule has 0 fully saturated rings. The van der Waals surface area contributed by atoms with Gasteiger partial charge in [0.2, 0.25) is 0 Å². The van der Waals surface area contributed by atoms with Crippen molar-refractivity contribution in [2.75, 3.05) is 0 Å². The van der Waals surface area contributed by atoms with Crippen molar-refractivity contribution >= 4 is 38.6 Å². The molecule has 21 heavy (non-hydrogen) atoms. The maximum atomic E-state index is 12.2. The summed E-state index contributed by atoms with van der Waals surface area (Å²) in [4.78, 5) is 22.9. The third-order valence-electron chi connectivity index (χ3n) is 3.31. The number of carbonyl (C=O) groups excluding carboxylic acids is 1. The Hall–Kier alpha value is -1.88. The normalized spacial score (nSPS) is 12.1. The molecule has 1 amide bonds. The van der Waals surface area contributed by atoms with Crippen molar-refractivity contribution in [3.63, 3.8) is 0 Å². The van der Waals surface area contributed by atoms with E-state index in [4.69, 9.17) is 5.11 Å². The van der Waals surface area contributed by atoms with Crippen molar-refractivity contribution in [2.24, 2.45) is 0 Å². The largest absolute Gasteiger partial charge is 0.481 e. The first-order chi connectivity index (χ1) is 9.99. The zero-order valence-electron chi connectivity index (χ0n) is 11.6. The Labute approximate surface area is 131 Å². The van der Waals surface area contributed by atoms with Crippen LogP contribution < -0.4 is 5.32 Å². The predicted molar refractivity (Wildman–Crippen MR) is 85.4 cm³/mol. The summed E-state index contributed by atoms with van der Waals surface area (Å²) in [5.74, 6) is -1.15. The molecule has 1 unspecified atom stereocenters. The monoisotopic (exact) mass is 349 g/mol. The van der Waals surface area contributed by atoms with Gasteiger partial charge in [-0.2, -0.15) is 0 Å². The minimum atomic E-state index is -0.912. The number of fused-ring (bicyclic) bond motifs is 1. The van der Waals surface area contributed by atoms with Gasteiger partial charge in [0.25, 0.3) is 5.91 Å². The molecule has 110 valence electrons. The fraction of sp³-hybridized carbons (Fsp3) is 0.250. The fourth-order valence-corrected chi connectivity index (χ4v) is 2.51. The molecule has 2 aromatic rings. The van der Waals surface area contributed by atoms with Crippen LogP contribution in [0.3, 0.4) is 0 Å². The Bertz CT molecular complexity index is 684. The number of halogens is 1. The molecule has 1 atom stereocenters. The maximum Gasteiger partial charge on any atom is 0.305 e. The van der Waals surface area contributed by atoms with Gasteiger partial charge in [-0.1, -0.05) is 35.0 Å². The molecule has 5 heteroatoms. The van der Waals surface area contributed by atoms with E-state index in [1.807, 2.05) is 37.3 Å². The number of aliphatic carboxylic acids is 1. The minimum absolute atomic E-state index is 0.0667. The topological polar surface area (TPSA) is 66.4 Å². The van der Waals surface area contributed by atoms with E-state index in [2.05, 4.69) is 21.2 Å². The fourth-order valence-electron chi connectivity index (χ4n) is 2.13. The molecule has 4 nitrogen and oxygen atoms in total. The highest BCUT2D eigenvalue weighted by Gasteiger charge is 2.15. The summed E-state index contributed by atoms with van der Waals surface area (Å²) in [5.41, 5.74) is 0.536. The molecule has 0 aliphatic heterocycles. The standard InChI is InChI=1S/C16H16BrNO3/c1-2-14(9-15(19)20)18-16(21)12-4-3-11-8-13(17)6-5-10(11)7-12/h3-8,14H,2,9H2,1H3,(H,18,21)(H,19,20). The SMILES string of the molecule is CCC(CC(=O)O)NC(=O)c1ccc2cc(Br)ccc2c1. The molecule has 0 saturated heterocycles. The molecule has 0 heterocycles. The van der Waals surface area contributed by atoms with Gasteiger partial charge in [-0.3, -0.25) is 9.59 Å². The molecule has 2 rings (SSSR count). The van der Waals surface area contributed by atoms with Gasteiger partial charge in [-0.15, -0.1) is 0 Å². The lowest BCUT2D eigenvalue weighted by atomic mass is 10.1. The molecule has 0 bridgehead atoms. The second kappa shape index (κ2) is 6.72. The molecule has 0 aliphatic rings.